The van der Waals surface area contributed by atoms with E-state index in [1.807, 2.05) is 12.1 Å². The molecule has 0 saturated heterocycles. The van der Waals surface area contributed by atoms with E-state index in [1.165, 1.54) is 116 Å². The zero-order valence-corrected chi connectivity index (χ0v) is 27.1. The van der Waals surface area contributed by atoms with Crippen LogP contribution in [0.5, 0.6) is 5.75 Å². The van der Waals surface area contributed by atoms with Crippen LogP contribution in [0, 0.1) is 0 Å². The zero-order valence-electron chi connectivity index (χ0n) is 26.2. The molecule has 0 aromatic heterocycles. The molecule has 0 atom stereocenters. The monoisotopic (exact) mass is 582 g/mol. The van der Waals surface area contributed by atoms with Crippen LogP contribution in [0.25, 0.3) is 0 Å². The highest BCUT2D eigenvalue weighted by atomic mass is 31.2. The summed E-state index contributed by atoms with van der Waals surface area (Å²) in [5.74, 6) is 0.547. The Balaban J connectivity index is 2.20. The van der Waals surface area contributed by atoms with Crippen LogP contribution < -0.4 is 4.52 Å². The SMILES string of the molecule is CCCCCCCCCCCCOCCc1cccc(OP(O)O)c1CCOCCCCCCCCCCCC. The highest BCUT2D eigenvalue weighted by molar-refractivity contribution is 7.39. The average molecular weight is 583 g/mol. The van der Waals surface area contributed by atoms with Gasteiger partial charge in [-0.3, -0.25) is 0 Å². The summed E-state index contributed by atoms with van der Waals surface area (Å²) in [5, 5.41) is 0. The third-order valence-electron chi connectivity index (χ3n) is 7.71. The predicted octanol–water partition coefficient (Wildman–Crippen LogP) is 10.2. The fraction of sp³-hybridized carbons (Fsp3) is 0.824. The van der Waals surface area contributed by atoms with Crippen molar-refractivity contribution in [1.29, 1.82) is 0 Å². The maximum Gasteiger partial charge on any atom is 0.391 e. The summed E-state index contributed by atoms with van der Waals surface area (Å²) in [4.78, 5) is 18.9. The molecule has 1 aromatic carbocycles. The highest BCUT2D eigenvalue weighted by Crippen LogP contribution is 2.33. The lowest BCUT2D eigenvalue weighted by atomic mass is 10.0. The summed E-state index contributed by atoms with van der Waals surface area (Å²) in [5.41, 5.74) is 2.14. The molecule has 0 bridgehead atoms. The fourth-order valence-electron chi connectivity index (χ4n) is 5.25. The van der Waals surface area contributed by atoms with E-state index in [2.05, 4.69) is 19.9 Å². The first kappa shape index (κ1) is 37.3. The van der Waals surface area contributed by atoms with Crippen LogP contribution in [-0.4, -0.2) is 36.2 Å². The van der Waals surface area contributed by atoms with Gasteiger partial charge in [-0.05, 0) is 37.3 Å². The number of ether oxygens (including phenoxy) is 2. The standard InChI is InChI=1S/C34H63O5P/c1-3-5-7-9-11-13-15-17-19-21-28-37-30-26-32-24-23-25-34(39-40(35)36)33(32)27-31-38-29-22-20-18-16-14-12-10-8-6-4-2/h23-25,35-36H,3-22,26-31H2,1-2H3. The van der Waals surface area contributed by atoms with Crippen molar-refractivity contribution in [2.75, 3.05) is 26.4 Å². The molecule has 1 aromatic rings. The average Bonchev–Trinajstić information content (AvgIpc) is 2.94. The van der Waals surface area contributed by atoms with Gasteiger partial charge in [0.15, 0.2) is 0 Å². The van der Waals surface area contributed by atoms with Gasteiger partial charge in [-0.1, -0.05) is 142 Å². The number of benzene rings is 1. The largest absolute Gasteiger partial charge is 0.427 e. The summed E-state index contributed by atoms with van der Waals surface area (Å²) >= 11 is 0. The molecule has 0 amide bonds. The zero-order chi connectivity index (χ0) is 28.9. The molecule has 0 spiro atoms. The highest BCUT2D eigenvalue weighted by Gasteiger charge is 2.13. The van der Waals surface area contributed by atoms with Crippen LogP contribution in [0.2, 0.25) is 0 Å². The molecule has 234 valence electrons. The minimum atomic E-state index is -2.45. The summed E-state index contributed by atoms with van der Waals surface area (Å²) in [6.45, 7) is 7.40. The van der Waals surface area contributed by atoms with Gasteiger partial charge in [0.1, 0.15) is 5.75 Å². The lowest BCUT2D eigenvalue weighted by molar-refractivity contribution is 0.129. The molecule has 0 aliphatic heterocycles. The first-order chi connectivity index (χ1) is 19.7. The van der Waals surface area contributed by atoms with Crippen molar-refractivity contribution >= 4 is 8.60 Å². The van der Waals surface area contributed by atoms with Crippen LogP contribution in [0.3, 0.4) is 0 Å². The molecule has 0 radical (unpaired) electrons. The van der Waals surface area contributed by atoms with E-state index in [0.717, 1.165) is 43.6 Å². The van der Waals surface area contributed by atoms with Gasteiger partial charge in [-0.2, -0.15) is 0 Å². The van der Waals surface area contributed by atoms with Crippen molar-refractivity contribution in [3.05, 3.63) is 29.3 Å². The molecule has 0 aliphatic carbocycles. The summed E-state index contributed by atoms with van der Waals surface area (Å²) < 4.78 is 17.2. The predicted molar refractivity (Wildman–Crippen MR) is 171 cm³/mol. The first-order valence-electron chi connectivity index (χ1n) is 16.8. The number of hydrogen-bond donors (Lipinski definition) is 2. The normalized spacial score (nSPS) is 11.5. The fourth-order valence-corrected chi connectivity index (χ4v) is 5.59. The van der Waals surface area contributed by atoms with Gasteiger partial charge in [0.05, 0.1) is 13.2 Å². The van der Waals surface area contributed by atoms with Gasteiger partial charge < -0.3 is 23.8 Å². The summed E-state index contributed by atoms with van der Waals surface area (Å²) in [7, 11) is -2.45. The lowest BCUT2D eigenvalue weighted by Crippen LogP contribution is -2.08. The molecule has 2 N–H and O–H groups in total. The lowest BCUT2D eigenvalue weighted by Gasteiger charge is -2.16. The van der Waals surface area contributed by atoms with E-state index in [1.54, 1.807) is 0 Å². The van der Waals surface area contributed by atoms with Crippen LogP contribution in [0.4, 0.5) is 0 Å². The second kappa shape index (κ2) is 28.4. The molecule has 0 heterocycles. The minimum absolute atomic E-state index is 0.547. The number of unbranched alkanes of at least 4 members (excludes halogenated alkanes) is 18. The molecule has 0 fully saturated rings. The Bertz CT molecular complexity index is 670. The molecule has 40 heavy (non-hydrogen) atoms. The Morgan fingerprint density at radius 3 is 1.40 bits per heavy atom. The topological polar surface area (TPSA) is 68.2 Å². The van der Waals surface area contributed by atoms with Crippen LogP contribution in [0.15, 0.2) is 18.2 Å². The third-order valence-corrected chi connectivity index (χ3v) is 8.07. The van der Waals surface area contributed by atoms with Gasteiger partial charge in [0.2, 0.25) is 0 Å². The van der Waals surface area contributed by atoms with E-state index >= 15 is 0 Å². The van der Waals surface area contributed by atoms with Crippen LogP contribution >= 0.6 is 8.60 Å². The molecule has 6 heteroatoms. The van der Waals surface area contributed by atoms with E-state index in [0.29, 0.717) is 25.4 Å². The van der Waals surface area contributed by atoms with Crippen molar-refractivity contribution in [3.63, 3.8) is 0 Å². The summed E-state index contributed by atoms with van der Waals surface area (Å²) in [6.07, 6.45) is 28.0. The Morgan fingerprint density at radius 2 is 0.950 bits per heavy atom. The molecular formula is C34H63O5P. The number of rotatable bonds is 30. The Hall–Kier alpha value is -0.710. The molecule has 0 aliphatic rings. The van der Waals surface area contributed by atoms with Crippen LogP contribution in [-0.2, 0) is 22.3 Å². The molecule has 0 saturated carbocycles. The van der Waals surface area contributed by atoms with Gasteiger partial charge >= 0.3 is 8.60 Å². The quantitative estimate of drug-likeness (QED) is 0.0698. The molecule has 0 unspecified atom stereocenters. The van der Waals surface area contributed by atoms with Crippen molar-refractivity contribution in [2.24, 2.45) is 0 Å². The molecular weight excluding hydrogens is 519 g/mol. The number of hydrogen-bond acceptors (Lipinski definition) is 5. The van der Waals surface area contributed by atoms with E-state index in [9.17, 15) is 9.79 Å². The van der Waals surface area contributed by atoms with Gasteiger partial charge in [0.25, 0.3) is 0 Å². The Labute approximate surface area is 248 Å². The smallest absolute Gasteiger partial charge is 0.391 e. The first-order valence-corrected chi connectivity index (χ1v) is 18.0. The summed E-state index contributed by atoms with van der Waals surface area (Å²) in [6, 6.07) is 5.82. The van der Waals surface area contributed by atoms with Gasteiger partial charge in [-0.15, -0.1) is 0 Å². The third kappa shape index (κ3) is 22.0. The minimum Gasteiger partial charge on any atom is -0.427 e. The van der Waals surface area contributed by atoms with Crippen molar-refractivity contribution in [2.45, 2.75) is 155 Å². The van der Waals surface area contributed by atoms with Crippen LogP contribution in [0.1, 0.15) is 153 Å². The molecule has 5 nitrogen and oxygen atoms in total. The van der Waals surface area contributed by atoms with E-state index < -0.39 is 8.60 Å². The maximum atomic E-state index is 9.45. The van der Waals surface area contributed by atoms with Crippen molar-refractivity contribution in [1.82, 2.24) is 0 Å². The second-order valence-electron chi connectivity index (χ2n) is 11.3. The Kier molecular flexibility index (Phi) is 26.5. The van der Waals surface area contributed by atoms with Gasteiger partial charge in [0, 0.05) is 18.8 Å². The Morgan fingerprint density at radius 1 is 0.525 bits per heavy atom. The molecule has 1 rings (SSSR count). The maximum absolute atomic E-state index is 9.45. The van der Waals surface area contributed by atoms with E-state index in [4.69, 9.17) is 14.0 Å². The van der Waals surface area contributed by atoms with Crippen molar-refractivity contribution in [3.8, 4) is 5.75 Å². The second-order valence-corrected chi connectivity index (χ2v) is 12.0. The van der Waals surface area contributed by atoms with Crippen molar-refractivity contribution < 1.29 is 23.8 Å². The van der Waals surface area contributed by atoms with Gasteiger partial charge in [-0.25, -0.2) is 0 Å². The van der Waals surface area contributed by atoms with E-state index in [-0.39, 0.29) is 0 Å².